The lowest BCUT2D eigenvalue weighted by Crippen LogP contribution is -2.52. The summed E-state index contributed by atoms with van der Waals surface area (Å²) in [5, 5.41) is 2.86. The molecule has 4 rings (SSSR count). The summed E-state index contributed by atoms with van der Waals surface area (Å²) >= 11 is 0. The summed E-state index contributed by atoms with van der Waals surface area (Å²) in [7, 11) is 3.73. The molecule has 1 spiro atoms. The zero-order valence-electron chi connectivity index (χ0n) is 15.8. The van der Waals surface area contributed by atoms with Crippen molar-refractivity contribution in [3.05, 3.63) is 24.3 Å². The number of benzene rings is 1. The van der Waals surface area contributed by atoms with E-state index in [1.807, 2.05) is 43.3 Å². The van der Waals surface area contributed by atoms with Crippen LogP contribution in [0.4, 0.5) is 5.69 Å². The van der Waals surface area contributed by atoms with Crippen molar-refractivity contribution in [2.75, 3.05) is 51.8 Å². The molecule has 144 valence electrons. The number of amides is 2. The molecule has 0 atom stereocenters. The highest BCUT2D eigenvalue weighted by Crippen LogP contribution is 2.32. The van der Waals surface area contributed by atoms with Crippen molar-refractivity contribution < 1.29 is 14.3 Å². The molecule has 0 aliphatic carbocycles. The fourth-order valence-electron chi connectivity index (χ4n) is 3.84. The van der Waals surface area contributed by atoms with Crippen molar-refractivity contribution >= 4 is 23.5 Å². The van der Waals surface area contributed by atoms with Gasteiger partial charge in [-0.3, -0.25) is 19.8 Å². The number of rotatable bonds is 2. The Balaban J connectivity index is 1.39. The summed E-state index contributed by atoms with van der Waals surface area (Å²) in [6.45, 7) is 2.77. The van der Waals surface area contributed by atoms with E-state index in [2.05, 4.69) is 15.2 Å². The Morgan fingerprint density at radius 1 is 1.26 bits per heavy atom. The number of piperidine rings is 1. The van der Waals surface area contributed by atoms with E-state index in [4.69, 9.17) is 4.74 Å². The van der Waals surface area contributed by atoms with Gasteiger partial charge in [-0.05, 0) is 25.0 Å². The van der Waals surface area contributed by atoms with E-state index in [0.717, 1.165) is 11.4 Å². The number of likely N-dealkylation sites (tertiary alicyclic amines) is 1. The van der Waals surface area contributed by atoms with Crippen LogP contribution in [-0.4, -0.2) is 80.0 Å². The van der Waals surface area contributed by atoms with E-state index < -0.39 is 5.54 Å². The molecular formula is C19H25N5O3. The molecule has 3 aliphatic heterocycles. The first kappa shape index (κ1) is 17.8. The molecule has 27 heavy (non-hydrogen) atoms. The molecule has 3 heterocycles. The van der Waals surface area contributed by atoms with Gasteiger partial charge in [0.2, 0.25) is 11.9 Å². The van der Waals surface area contributed by atoms with Crippen LogP contribution in [0, 0.1) is 0 Å². The molecule has 1 saturated heterocycles. The first-order valence-corrected chi connectivity index (χ1v) is 9.32. The number of guanidine groups is 1. The molecular weight excluding hydrogens is 346 g/mol. The number of hydrogen-bond acceptors (Lipinski definition) is 6. The summed E-state index contributed by atoms with van der Waals surface area (Å²) in [5.74, 6) is 1.41. The van der Waals surface area contributed by atoms with E-state index in [1.165, 1.54) is 0 Å². The SMILES string of the molecule is CN(C)C1=NC2(CCN(CC(=O)N3CCOc4ccccc43)CC2)C(=O)N1. The minimum Gasteiger partial charge on any atom is -0.490 e. The highest BCUT2D eigenvalue weighted by Gasteiger charge is 2.46. The second-order valence-electron chi connectivity index (χ2n) is 7.45. The predicted molar refractivity (Wildman–Crippen MR) is 102 cm³/mol. The summed E-state index contributed by atoms with van der Waals surface area (Å²) in [5.41, 5.74) is 0.155. The number of carbonyl (C=O) groups excluding carboxylic acids is 2. The van der Waals surface area contributed by atoms with Gasteiger partial charge in [0, 0.05) is 27.2 Å². The number of anilines is 1. The van der Waals surface area contributed by atoms with Gasteiger partial charge in [0.1, 0.15) is 17.9 Å². The fourth-order valence-corrected chi connectivity index (χ4v) is 3.84. The van der Waals surface area contributed by atoms with Crippen molar-refractivity contribution in [3.63, 3.8) is 0 Å². The van der Waals surface area contributed by atoms with Crippen LogP contribution in [0.5, 0.6) is 5.75 Å². The summed E-state index contributed by atoms with van der Waals surface area (Å²) < 4.78 is 5.63. The lowest BCUT2D eigenvalue weighted by atomic mass is 9.88. The van der Waals surface area contributed by atoms with E-state index >= 15 is 0 Å². The molecule has 0 bridgehead atoms. The van der Waals surface area contributed by atoms with Crippen LogP contribution in [0.3, 0.4) is 0 Å². The smallest absolute Gasteiger partial charge is 0.254 e. The van der Waals surface area contributed by atoms with Gasteiger partial charge >= 0.3 is 0 Å². The first-order valence-electron chi connectivity index (χ1n) is 9.32. The highest BCUT2D eigenvalue weighted by atomic mass is 16.5. The van der Waals surface area contributed by atoms with Crippen molar-refractivity contribution in [1.82, 2.24) is 15.1 Å². The monoisotopic (exact) mass is 371 g/mol. The second kappa shape index (κ2) is 6.84. The van der Waals surface area contributed by atoms with E-state index in [0.29, 0.717) is 51.6 Å². The third kappa shape index (κ3) is 3.25. The lowest BCUT2D eigenvalue weighted by molar-refractivity contribution is -0.125. The molecule has 2 amide bonds. The van der Waals surface area contributed by atoms with Gasteiger partial charge in [-0.2, -0.15) is 0 Å². The maximum Gasteiger partial charge on any atom is 0.254 e. The van der Waals surface area contributed by atoms with E-state index in [-0.39, 0.29) is 11.8 Å². The summed E-state index contributed by atoms with van der Waals surface area (Å²) in [6.07, 6.45) is 1.26. The van der Waals surface area contributed by atoms with Gasteiger partial charge in [0.25, 0.3) is 5.91 Å². The molecule has 0 radical (unpaired) electrons. The van der Waals surface area contributed by atoms with E-state index in [9.17, 15) is 9.59 Å². The molecule has 8 heteroatoms. The number of hydrogen-bond donors (Lipinski definition) is 1. The maximum atomic E-state index is 12.9. The van der Waals surface area contributed by atoms with E-state index in [1.54, 1.807) is 4.90 Å². The van der Waals surface area contributed by atoms with Crippen LogP contribution < -0.4 is 15.0 Å². The predicted octanol–water partition coefficient (Wildman–Crippen LogP) is 0.294. The quantitative estimate of drug-likeness (QED) is 0.809. The molecule has 8 nitrogen and oxygen atoms in total. The molecule has 0 unspecified atom stereocenters. The molecule has 1 N–H and O–H groups in total. The van der Waals surface area contributed by atoms with Gasteiger partial charge in [-0.15, -0.1) is 0 Å². The van der Waals surface area contributed by atoms with Crippen molar-refractivity contribution in [2.24, 2.45) is 4.99 Å². The Bertz CT molecular complexity index is 783. The number of fused-ring (bicyclic) bond motifs is 1. The molecule has 0 saturated carbocycles. The molecule has 1 aromatic rings. The summed E-state index contributed by atoms with van der Waals surface area (Å²) in [6, 6.07) is 7.62. The molecule has 1 fully saturated rings. The van der Waals surface area contributed by atoms with Crippen LogP contribution in [0.1, 0.15) is 12.8 Å². The average Bonchev–Trinajstić information content (AvgIpc) is 3.00. The van der Waals surface area contributed by atoms with Gasteiger partial charge in [-0.1, -0.05) is 12.1 Å². The zero-order chi connectivity index (χ0) is 19.0. The van der Waals surface area contributed by atoms with Gasteiger partial charge in [0.05, 0.1) is 18.8 Å². The standard InChI is InChI=1S/C19H25N5O3/c1-22(2)18-20-17(26)19(21-18)7-9-23(10-8-19)13-16(25)24-11-12-27-15-6-4-3-5-14(15)24/h3-6H,7-13H2,1-2H3,(H,20,21,26). The highest BCUT2D eigenvalue weighted by molar-refractivity contribution is 6.07. The van der Waals surface area contributed by atoms with Gasteiger partial charge in [-0.25, -0.2) is 4.99 Å². The number of nitrogens with zero attached hydrogens (tertiary/aromatic N) is 4. The lowest BCUT2D eigenvalue weighted by Gasteiger charge is -2.36. The Hall–Kier alpha value is -2.61. The van der Waals surface area contributed by atoms with Gasteiger partial charge < -0.3 is 14.5 Å². The van der Waals surface area contributed by atoms with Crippen LogP contribution in [-0.2, 0) is 9.59 Å². The van der Waals surface area contributed by atoms with Crippen LogP contribution in [0.15, 0.2) is 29.3 Å². The first-order chi connectivity index (χ1) is 13.0. The van der Waals surface area contributed by atoms with Crippen molar-refractivity contribution in [2.45, 2.75) is 18.4 Å². The largest absolute Gasteiger partial charge is 0.490 e. The normalized spacial score (nSPS) is 21.3. The van der Waals surface area contributed by atoms with Crippen LogP contribution >= 0.6 is 0 Å². The Labute approximate surface area is 158 Å². The molecule has 0 aromatic heterocycles. The third-order valence-electron chi connectivity index (χ3n) is 5.46. The minimum atomic E-state index is -0.676. The number of carbonyl (C=O) groups is 2. The summed E-state index contributed by atoms with van der Waals surface area (Å²) in [4.78, 5) is 35.6. The number of ether oxygens (including phenoxy) is 1. The minimum absolute atomic E-state index is 0.0284. The second-order valence-corrected chi connectivity index (χ2v) is 7.45. The number of aliphatic imine (C=N–C) groups is 1. The Kier molecular flexibility index (Phi) is 4.51. The third-order valence-corrected chi connectivity index (χ3v) is 5.46. The average molecular weight is 371 g/mol. The fraction of sp³-hybridized carbons (Fsp3) is 0.526. The number of para-hydroxylation sites is 2. The van der Waals surface area contributed by atoms with Crippen molar-refractivity contribution in [1.29, 1.82) is 0 Å². The Morgan fingerprint density at radius 2 is 2.00 bits per heavy atom. The topological polar surface area (TPSA) is 77.5 Å². The van der Waals surface area contributed by atoms with Crippen molar-refractivity contribution in [3.8, 4) is 5.75 Å². The molecule has 3 aliphatic rings. The Morgan fingerprint density at radius 3 is 2.70 bits per heavy atom. The van der Waals surface area contributed by atoms with Crippen LogP contribution in [0.25, 0.3) is 0 Å². The number of nitrogens with one attached hydrogen (secondary N) is 1. The maximum absolute atomic E-state index is 12.9. The zero-order valence-corrected chi connectivity index (χ0v) is 15.8. The molecule has 1 aromatic carbocycles. The van der Waals surface area contributed by atoms with Crippen LogP contribution in [0.2, 0.25) is 0 Å². The van der Waals surface area contributed by atoms with Gasteiger partial charge in [0.15, 0.2) is 0 Å².